The molecule has 36 heavy (non-hydrogen) atoms. The Labute approximate surface area is 209 Å². The van der Waals surface area contributed by atoms with Crippen molar-refractivity contribution in [3.8, 4) is 11.1 Å². The van der Waals surface area contributed by atoms with E-state index in [4.69, 9.17) is 0 Å². The van der Waals surface area contributed by atoms with Crippen LogP contribution >= 0.6 is 0 Å². The van der Waals surface area contributed by atoms with Gasteiger partial charge in [0, 0.05) is 45.1 Å². The summed E-state index contributed by atoms with van der Waals surface area (Å²) in [5.74, 6) is -0.892. The molecule has 3 aromatic carbocycles. The maximum Gasteiger partial charge on any atom is 0.321 e. The van der Waals surface area contributed by atoms with Crippen molar-refractivity contribution in [1.82, 2.24) is 15.1 Å². The fourth-order valence-corrected chi connectivity index (χ4v) is 4.31. The lowest BCUT2D eigenvalue weighted by atomic mass is 10.0. The zero-order valence-electron chi connectivity index (χ0n) is 20.1. The SMILES string of the molecule is CC(=O)NC(Cc1ccc(F)cc1)C(=O)N1CCN(C(=O)Nc2ccccc2-c2ccccc2)CC1. The third-order valence-electron chi connectivity index (χ3n) is 6.16. The van der Waals surface area contributed by atoms with Gasteiger partial charge in [0.2, 0.25) is 11.8 Å². The van der Waals surface area contributed by atoms with Gasteiger partial charge in [0.25, 0.3) is 0 Å². The van der Waals surface area contributed by atoms with Gasteiger partial charge in [-0.1, -0.05) is 60.7 Å². The van der Waals surface area contributed by atoms with Crippen molar-refractivity contribution < 1.29 is 18.8 Å². The van der Waals surface area contributed by atoms with E-state index in [1.807, 2.05) is 54.6 Å². The van der Waals surface area contributed by atoms with Crippen LogP contribution in [0.25, 0.3) is 11.1 Å². The molecule has 0 bridgehead atoms. The van der Waals surface area contributed by atoms with E-state index in [-0.39, 0.29) is 30.1 Å². The topological polar surface area (TPSA) is 81.8 Å². The van der Waals surface area contributed by atoms with Crippen LogP contribution in [0.15, 0.2) is 78.9 Å². The number of anilines is 1. The molecule has 1 aliphatic heterocycles. The van der Waals surface area contributed by atoms with Gasteiger partial charge in [0.05, 0.1) is 5.69 Å². The Kier molecular flexibility index (Phi) is 7.95. The maximum absolute atomic E-state index is 13.2. The van der Waals surface area contributed by atoms with Crippen LogP contribution in [0.3, 0.4) is 0 Å². The van der Waals surface area contributed by atoms with E-state index in [1.165, 1.54) is 19.1 Å². The lowest BCUT2D eigenvalue weighted by Crippen LogP contribution is -2.56. The highest BCUT2D eigenvalue weighted by Crippen LogP contribution is 2.27. The number of rotatable bonds is 6. The molecule has 4 amide bonds. The summed E-state index contributed by atoms with van der Waals surface area (Å²) in [7, 11) is 0. The summed E-state index contributed by atoms with van der Waals surface area (Å²) in [6.07, 6.45) is 0.260. The highest BCUT2D eigenvalue weighted by molar-refractivity contribution is 5.94. The van der Waals surface area contributed by atoms with E-state index in [1.54, 1.807) is 21.9 Å². The largest absolute Gasteiger partial charge is 0.344 e. The summed E-state index contributed by atoms with van der Waals surface area (Å²) in [5.41, 5.74) is 3.41. The Morgan fingerprint density at radius 2 is 1.44 bits per heavy atom. The second kappa shape index (κ2) is 11.5. The lowest BCUT2D eigenvalue weighted by molar-refractivity contribution is -0.137. The van der Waals surface area contributed by atoms with Crippen LogP contribution in [0, 0.1) is 5.82 Å². The van der Waals surface area contributed by atoms with E-state index in [0.29, 0.717) is 26.2 Å². The van der Waals surface area contributed by atoms with E-state index in [0.717, 1.165) is 22.4 Å². The molecule has 1 fully saturated rings. The Hall–Kier alpha value is -4.20. The summed E-state index contributed by atoms with van der Waals surface area (Å²) in [4.78, 5) is 41.3. The highest BCUT2D eigenvalue weighted by atomic mass is 19.1. The molecular formula is C28H29FN4O3. The number of nitrogens with one attached hydrogen (secondary N) is 2. The first kappa shape index (κ1) is 24.9. The first-order valence-corrected chi connectivity index (χ1v) is 11.9. The third-order valence-corrected chi connectivity index (χ3v) is 6.16. The van der Waals surface area contributed by atoms with Crippen LogP contribution in [0.1, 0.15) is 12.5 Å². The minimum absolute atomic E-state index is 0.219. The standard InChI is InChI=1S/C28H29FN4O3/c1-20(34)30-26(19-21-11-13-23(29)14-12-21)27(35)32-15-17-33(18-16-32)28(36)31-25-10-6-5-9-24(25)22-7-3-2-4-8-22/h2-14,26H,15-19H2,1H3,(H,30,34)(H,31,36). The molecule has 3 aromatic rings. The fourth-order valence-electron chi connectivity index (χ4n) is 4.31. The number of hydrogen-bond acceptors (Lipinski definition) is 3. The van der Waals surface area contributed by atoms with E-state index >= 15 is 0 Å². The van der Waals surface area contributed by atoms with Crippen molar-refractivity contribution in [2.45, 2.75) is 19.4 Å². The molecule has 1 unspecified atom stereocenters. The number of amides is 4. The van der Waals surface area contributed by atoms with Crippen LogP contribution < -0.4 is 10.6 Å². The first-order chi connectivity index (χ1) is 17.4. The number of piperazine rings is 1. The van der Waals surface area contributed by atoms with Gasteiger partial charge in [-0.15, -0.1) is 0 Å². The third kappa shape index (κ3) is 6.27. The number of benzene rings is 3. The van der Waals surface area contributed by atoms with Crippen molar-refractivity contribution in [3.05, 3.63) is 90.2 Å². The molecule has 0 aliphatic carbocycles. The lowest BCUT2D eigenvalue weighted by Gasteiger charge is -2.36. The molecule has 0 aromatic heterocycles. The molecule has 2 N–H and O–H groups in total. The van der Waals surface area contributed by atoms with Crippen molar-refractivity contribution in [2.24, 2.45) is 0 Å². The Balaban J connectivity index is 1.37. The second-order valence-corrected chi connectivity index (χ2v) is 8.74. The van der Waals surface area contributed by atoms with Gasteiger partial charge in [0.1, 0.15) is 11.9 Å². The molecule has 1 heterocycles. The molecule has 4 rings (SSSR count). The zero-order valence-corrected chi connectivity index (χ0v) is 20.1. The minimum Gasteiger partial charge on any atom is -0.344 e. The Morgan fingerprint density at radius 3 is 2.11 bits per heavy atom. The van der Waals surface area contributed by atoms with Crippen molar-refractivity contribution in [3.63, 3.8) is 0 Å². The number of nitrogens with zero attached hydrogens (tertiary/aromatic N) is 2. The summed E-state index contributed by atoms with van der Waals surface area (Å²) in [5, 5.41) is 5.72. The normalized spacial score (nSPS) is 14.2. The Bertz CT molecular complexity index is 1210. The number of carbonyl (C=O) groups is 3. The van der Waals surface area contributed by atoms with Gasteiger partial charge in [0.15, 0.2) is 0 Å². The van der Waals surface area contributed by atoms with Crippen molar-refractivity contribution in [1.29, 1.82) is 0 Å². The Morgan fingerprint density at radius 1 is 0.833 bits per heavy atom. The summed E-state index contributed by atoms with van der Waals surface area (Å²) in [6.45, 7) is 2.81. The number of urea groups is 1. The molecule has 0 radical (unpaired) electrons. The molecular weight excluding hydrogens is 459 g/mol. The van der Waals surface area contributed by atoms with E-state index < -0.39 is 6.04 Å². The summed E-state index contributed by atoms with van der Waals surface area (Å²) >= 11 is 0. The highest BCUT2D eigenvalue weighted by Gasteiger charge is 2.30. The summed E-state index contributed by atoms with van der Waals surface area (Å²) < 4.78 is 13.2. The van der Waals surface area contributed by atoms with Gasteiger partial charge in [-0.2, -0.15) is 0 Å². The molecule has 1 atom stereocenters. The van der Waals surface area contributed by atoms with Crippen molar-refractivity contribution >= 4 is 23.5 Å². The van der Waals surface area contributed by atoms with E-state index in [2.05, 4.69) is 10.6 Å². The monoisotopic (exact) mass is 488 g/mol. The zero-order chi connectivity index (χ0) is 25.5. The van der Waals surface area contributed by atoms with Gasteiger partial charge in [-0.3, -0.25) is 9.59 Å². The smallest absolute Gasteiger partial charge is 0.321 e. The minimum atomic E-state index is -0.758. The van der Waals surface area contributed by atoms with Crippen molar-refractivity contribution in [2.75, 3.05) is 31.5 Å². The van der Waals surface area contributed by atoms with Gasteiger partial charge in [-0.25, -0.2) is 9.18 Å². The van der Waals surface area contributed by atoms with Crippen LogP contribution in [-0.4, -0.2) is 59.9 Å². The van der Waals surface area contributed by atoms with E-state index in [9.17, 15) is 18.8 Å². The number of para-hydroxylation sites is 1. The quantitative estimate of drug-likeness (QED) is 0.552. The van der Waals surface area contributed by atoms with Gasteiger partial charge < -0.3 is 20.4 Å². The number of hydrogen-bond donors (Lipinski definition) is 2. The molecule has 1 saturated heterocycles. The number of carbonyl (C=O) groups excluding carboxylic acids is 3. The maximum atomic E-state index is 13.2. The van der Waals surface area contributed by atoms with Crippen LogP contribution in [0.4, 0.5) is 14.9 Å². The molecule has 0 spiro atoms. The summed E-state index contributed by atoms with van der Waals surface area (Å²) in [6, 6.07) is 22.4. The number of halogens is 1. The van der Waals surface area contributed by atoms with Gasteiger partial charge >= 0.3 is 6.03 Å². The van der Waals surface area contributed by atoms with Crippen LogP contribution in [-0.2, 0) is 16.0 Å². The second-order valence-electron chi connectivity index (χ2n) is 8.74. The molecule has 7 nitrogen and oxygen atoms in total. The van der Waals surface area contributed by atoms with Crippen LogP contribution in [0.5, 0.6) is 0 Å². The van der Waals surface area contributed by atoms with Gasteiger partial charge in [-0.05, 0) is 29.3 Å². The average Bonchev–Trinajstić information content (AvgIpc) is 2.90. The average molecular weight is 489 g/mol. The predicted molar refractivity (Wildman–Crippen MR) is 137 cm³/mol. The predicted octanol–water partition coefficient (Wildman–Crippen LogP) is 3.92. The van der Waals surface area contributed by atoms with Crippen LogP contribution in [0.2, 0.25) is 0 Å². The molecule has 1 aliphatic rings. The first-order valence-electron chi connectivity index (χ1n) is 11.9. The molecule has 0 saturated carbocycles. The fraction of sp³-hybridized carbons (Fsp3) is 0.250. The molecule has 186 valence electrons. The molecule has 8 heteroatoms.